The minimum atomic E-state index is -0.380. The number of rotatable bonds is 6. The smallest absolute Gasteiger partial charge is 0.261 e. The van der Waals surface area contributed by atoms with Crippen molar-refractivity contribution in [3.8, 4) is 0 Å². The van der Waals surface area contributed by atoms with Crippen LogP contribution in [0, 0.1) is 0 Å². The molecule has 1 aromatic heterocycles. The highest BCUT2D eigenvalue weighted by molar-refractivity contribution is 9.10. The van der Waals surface area contributed by atoms with E-state index in [9.17, 15) is 9.18 Å². The highest BCUT2D eigenvalue weighted by Gasteiger charge is 2.29. The van der Waals surface area contributed by atoms with Gasteiger partial charge in [-0.1, -0.05) is 29.3 Å². The van der Waals surface area contributed by atoms with Crippen molar-refractivity contribution in [2.75, 3.05) is 26.3 Å². The summed E-state index contributed by atoms with van der Waals surface area (Å²) in [4.78, 5) is 20.2. The summed E-state index contributed by atoms with van der Waals surface area (Å²) < 4.78 is 15.8. The van der Waals surface area contributed by atoms with Crippen LogP contribution in [0.25, 0.3) is 10.9 Å². The zero-order chi connectivity index (χ0) is 18.7. The summed E-state index contributed by atoms with van der Waals surface area (Å²) in [5, 5.41) is 3.84. The van der Waals surface area contributed by atoms with Crippen molar-refractivity contribution in [3.63, 3.8) is 0 Å². The van der Waals surface area contributed by atoms with Gasteiger partial charge in [-0.15, -0.1) is 0 Å². The standard InChI is InChI=1S/C19H26BrFN4O/c1-3-5-17(24-9-8-22-14(11-21)12-24)18-23-16-7-6-13(20)10-15(16)19(26)25(18)4-2/h6-7,10,14,17,22H,3-5,8-9,11-12H2,1-2H3. The Morgan fingerprint density at radius 1 is 1.42 bits per heavy atom. The fourth-order valence-corrected chi connectivity index (χ4v) is 4.12. The van der Waals surface area contributed by atoms with Crippen molar-refractivity contribution in [2.45, 2.75) is 45.3 Å². The van der Waals surface area contributed by atoms with Crippen LogP contribution in [-0.2, 0) is 6.54 Å². The van der Waals surface area contributed by atoms with Gasteiger partial charge in [0, 0.05) is 36.7 Å². The number of nitrogens with zero attached hydrogens (tertiary/aromatic N) is 3. The maximum atomic E-state index is 13.2. The molecule has 0 radical (unpaired) electrons. The summed E-state index contributed by atoms with van der Waals surface area (Å²) in [5.41, 5.74) is 0.711. The van der Waals surface area contributed by atoms with Crippen LogP contribution in [0.3, 0.4) is 0 Å². The highest BCUT2D eigenvalue weighted by atomic mass is 79.9. The Morgan fingerprint density at radius 3 is 2.92 bits per heavy atom. The highest BCUT2D eigenvalue weighted by Crippen LogP contribution is 2.27. The molecule has 0 aliphatic carbocycles. The zero-order valence-electron chi connectivity index (χ0n) is 15.3. The Morgan fingerprint density at radius 2 is 2.23 bits per heavy atom. The molecule has 1 aliphatic heterocycles. The van der Waals surface area contributed by atoms with Crippen LogP contribution in [0.15, 0.2) is 27.5 Å². The average molecular weight is 425 g/mol. The quantitative estimate of drug-likeness (QED) is 0.772. The van der Waals surface area contributed by atoms with Gasteiger partial charge in [0.15, 0.2) is 0 Å². The Bertz CT molecular complexity index is 825. The fraction of sp³-hybridized carbons (Fsp3) is 0.579. The molecule has 26 heavy (non-hydrogen) atoms. The number of hydrogen-bond donors (Lipinski definition) is 1. The number of halogens is 2. The Balaban J connectivity index is 2.10. The lowest BCUT2D eigenvalue weighted by molar-refractivity contribution is 0.117. The predicted molar refractivity (Wildman–Crippen MR) is 106 cm³/mol. The second-order valence-corrected chi connectivity index (χ2v) is 7.70. The van der Waals surface area contributed by atoms with Crippen molar-refractivity contribution in [1.29, 1.82) is 0 Å². The van der Waals surface area contributed by atoms with E-state index in [1.807, 2.05) is 25.1 Å². The number of benzene rings is 1. The summed E-state index contributed by atoms with van der Waals surface area (Å²) in [6, 6.07) is 5.50. The normalized spacial score (nSPS) is 19.8. The molecule has 2 aromatic rings. The predicted octanol–water partition coefficient (Wildman–Crippen LogP) is 3.26. The molecule has 1 N–H and O–H groups in total. The molecule has 1 aromatic carbocycles. The molecule has 0 spiro atoms. The van der Waals surface area contributed by atoms with Gasteiger partial charge in [-0.05, 0) is 31.5 Å². The largest absolute Gasteiger partial charge is 0.309 e. The van der Waals surface area contributed by atoms with Gasteiger partial charge in [0.05, 0.1) is 16.9 Å². The van der Waals surface area contributed by atoms with Crippen LogP contribution in [0.2, 0.25) is 0 Å². The van der Waals surface area contributed by atoms with Gasteiger partial charge in [0.1, 0.15) is 12.5 Å². The molecule has 0 bridgehead atoms. The maximum absolute atomic E-state index is 13.2. The molecule has 1 saturated heterocycles. The summed E-state index contributed by atoms with van der Waals surface area (Å²) in [6.45, 7) is 6.53. The molecule has 5 nitrogen and oxygen atoms in total. The molecule has 0 amide bonds. The first-order valence-electron chi connectivity index (χ1n) is 9.32. The van der Waals surface area contributed by atoms with Gasteiger partial charge in [-0.2, -0.15) is 0 Å². The third-order valence-corrected chi connectivity index (χ3v) is 5.53. The summed E-state index contributed by atoms with van der Waals surface area (Å²) in [6.07, 6.45) is 1.88. The zero-order valence-corrected chi connectivity index (χ0v) is 16.9. The van der Waals surface area contributed by atoms with Crippen LogP contribution >= 0.6 is 15.9 Å². The van der Waals surface area contributed by atoms with Crippen LogP contribution < -0.4 is 10.9 Å². The van der Waals surface area contributed by atoms with E-state index in [0.29, 0.717) is 18.5 Å². The number of fused-ring (bicyclic) bond motifs is 1. The lowest BCUT2D eigenvalue weighted by atomic mass is 10.1. The van der Waals surface area contributed by atoms with E-state index in [4.69, 9.17) is 4.98 Å². The van der Waals surface area contributed by atoms with Crippen LogP contribution in [-0.4, -0.2) is 46.8 Å². The maximum Gasteiger partial charge on any atom is 0.261 e. The molecule has 142 valence electrons. The van der Waals surface area contributed by atoms with E-state index in [1.54, 1.807) is 4.57 Å². The Kier molecular flexibility index (Phi) is 6.42. The van der Waals surface area contributed by atoms with Gasteiger partial charge in [0.2, 0.25) is 0 Å². The lowest BCUT2D eigenvalue weighted by Crippen LogP contribution is -2.53. The molecular weight excluding hydrogens is 399 g/mol. The lowest BCUT2D eigenvalue weighted by Gasteiger charge is -2.38. The number of piperazine rings is 1. The fourth-order valence-electron chi connectivity index (χ4n) is 3.76. The van der Waals surface area contributed by atoms with Crippen molar-refractivity contribution in [3.05, 3.63) is 38.9 Å². The van der Waals surface area contributed by atoms with E-state index >= 15 is 0 Å². The van der Waals surface area contributed by atoms with Gasteiger partial charge in [-0.3, -0.25) is 14.3 Å². The van der Waals surface area contributed by atoms with Crippen LogP contribution in [0.4, 0.5) is 4.39 Å². The number of alkyl halides is 1. The Labute approximate surface area is 161 Å². The molecule has 2 atom stereocenters. The first-order valence-corrected chi connectivity index (χ1v) is 10.1. The van der Waals surface area contributed by atoms with Gasteiger partial charge in [0.25, 0.3) is 5.56 Å². The third kappa shape index (κ3) is 3.85. The minimum Gasteiger partial charge on any atom is -0.309 e. The monoisotopic (exact) mass is 424 g/mol. The van der Waals surface area contributed by atoms with E-state index in [1.165, 1.54) is 0 Å². The van der Waals surface area contributed by atoms with E-state index in [0.717, 1.165) is 41.7 Å². The second-order valence-electron chi connectivity index (χ2n) is 6.79. The van der Waals surface area contributed by atoms with Gasteiger partial charge in [-0.25, -0.2) is 9.37 Å². The number of aromatic nitrogens is 2. The topological polar surface area (TPSA) is 50.2 Å². The molecule has 0 saturated carbocycles. The molecule has 1 fully saturated rings. The third-order valence-electron chi connectivity index (χ3n) is 5.04. The molecule has 2 heterocycles. The molecule has 7 heteroatoms. The Hall–Kier alpha value is -1.31. The molecule has 2 unspecified atom stereocenters. The van der Waals surface area contributed by atoms with Crippen molar-refractivity contribution < 1.29 is 4.39 Å². The second kappa shape index (κ2) is 8.59. The molecular formula is C19H26BrFN4O. The van der Waals surface area contributed by atoms with E-state index in [2.05, 4.69) is 33.1 Å². The van der Waals surface area contributed by atoms with E-state index < -0.39 is 0 Å². The molecule has 3 rings (SSSR count). The summed E-state index contributed by atoms with van der Waals surface area (Å²) >= 11 is 3.44. The van der Waals surface area contributed by atoms with Gasteiger partial charge >= 0.3 is 0 Å². The first-order chi connectivity index (χ1) is 12.6. The van der Waals surface area contributed by atoms with E-state index in [-0.39, 0.29) is 24.3 Å². The SMILES string of the molecule is CCCC(c1nc2ccc(Br)cc2c(=O)n1CC)N1CCNC(CF)C1. The summed E-state index contributed by atoms with van der Waals surface area (Å²) in [5.74, 6) is 0.800. The minimum absolute atomic E-state index is 0.00733. The first kappa shape index (κ1) is 19.5. The van der Waals surface area contributed by atoms with Gasteiger partial charge < -0.3 is 5.32 Å². The van der Waals surface area contributed by atoms with Crippen molar-refractivity contribution in [2.24, 2.45) is 0 Å². The van der Waals surface area contributed by atoms with Crippen molar-refractivity contribution in [1.82, 2.24) is 19.8 Å². The summed E-state index contributed by atoms with van der Waals surface area (Å²) in [7, 11) is 0. The number of hydrogen-bond acceptors (Lipinski definition) is 4. The van der Waals surface area contributed by atoms with Crippen LogP contribution in [0.5, 0.6) is 0 Å². The average Bonchev–Trinajstić information content (AvgIpc) is 2.66. The van der Waals surface area contributed by atoms with Crippen LogP contribution in [0.1, 0.15) is 38.6 Å². The number of nitrogens with one attached hydrogen (secondary N) is 1. The van der Waals surface area contributed by atoms with Crippen molar-refractivity contribution >= 4 is 26.8 Å². The molecule has 1 aliphatic rings.